The zero-order valence-corrected chi connectivity index (χ0v) is 14.8. The molecule has 2 amide bonds. The first kappa shape index (κ1) is 16.7. The van der Waals surface area contributed by atoms with Gasteiger partial charge >= 0.3 is 0 Å². The van der Waals surface area contributed by atoms with Gasteiger partial charge in [0.15, 0.2) is 0 Å². The van der Waals surface area contributed by atoms with Crippen LogP contribution in [-0.2, 0) is 16.0 Å². The molecular weight excluding hydrogens is 352 g/mol. The van der Waals surface area contributed by atoms with E-state index in [1.54, 1.807) is 12.2 Å². The van der Waals surface area contributed by atoms with Crippen LogP contribution in [0.2, 0.25) is 5.02 Å². The second-order valence-corrected chi connectivity index (χ2v) is 7.26. The Balaban J connectivity index is 1.84. The minimum absolute atomic E-state index is 0.183. The largest absolute Gasteiger partial charge is 0.373 e. The Bertz CT molecular complexity index is 991. The molecule has 6 nitrogen and oxygen atoms in total. The van der Waals surface area contributed by atoms with Crippen molar-refractivity contribution in [2.45, 2.75) is 30.7 Å². The molecule has 2 atom stereocenters. The molecule has 2 aromatic rings. The summed E-state index contributed by atoms with van der Waals surface area (Å²) in [5.41, 5.74) is 13.4. The number of nitrogens with two attached hydrogens (primary N) is 2. The molecule has 7 heteroatoms. The van der Waals surface area contributed by atoms with Gasteiger partial charge in [-0.15, -0.1) is 0 Å². The average Bonchev–Trinajstić information content (AvgIpc) is 2.99. The molecule has 2 heterocycles. The molecule has 0 fully saturated rings. The number of nitrogens with one attached hydrogen (secondary N) is 2. The van der Waals surface area contributed by atoms with Gasteiger partial charge in [-0.05, 0) is 55.2 Å². The summed E-state index contributed by atoms with van der Waals surface area (Å²) in [6, 6.07) is 5.73. The minimum atomic E-state index is -1.11. The lowest BCUT2D eigenvalue weighted by Gasteiger charge is -2.40. The zero-order valence-electron chi connectivity index (χ0n) is 14.0. The van der Waals surface area contributed by atoms with E-state index in [1.807, 2.05) is 18.2 Å². The number of hydrogen-bond acceptors (Lipinski definition) is 3. The van der Waals surface area contributed by atoms with E-state index in [2.05, 4.69) is 10.3 Å². The van der Waals surface area contributed by atoms with E-state index >= 15 is 0 Å². The first-order valence-electron chi connectivity index (χ1n) is 8.49. The van der Waals surface area contributed by atoms with Gasteiger partial charge in [0, 0.05) is 33.7 Å². The quantitative estimate of drug-likeness (QED) is 0.662. The third-order valence-electron chi connectivity index (χ3n) is 5.40. The highest BCUT2D eigenvalue weighted by atomic mass is 35.5. The molecule has 134 valence electrons. The fourth-order valence-electron chi connectivity index (χ4n) is 4.10. The molecule has 0 bridgehead atoms. The predicted molar refractivity (Wildman–Crippen MR) is 100 cm³/mol. The molecule has 1 aromatic carbocycles. The van der Waals surface area contributed by atoms with Gasteiger partial charge in [0.2, 0.25) is 11.8 Å². The van der Waals surface area contributed by atoms with E-state index in [4.69, 9.17) is 23.1 Å². The summed E-state index contributed by atoms with van der Waals surface area (Å²) in [5.74, 6) is -1.24. The second-order valence-electron chi connectivity index (χ2n) is 6.83. The first-order valence-corrected chi connectivity index (χ1v) is 8.87. The molecule has 0 saturated carbocycles. The lowest BCUT2D eigenvalue weighted by atomic mass is 9.72. The summed E-state index contributed by atoms with van der Waals surface area (Å²) in [4.78, 5) is 27.3. The molecule has 1 aliphatic heterocycles. The molecule has 0 radical (unpaired) electrons. The number of primary amides is 2. The molecule has 6 N–H and O–H groups in total. The van der Waals surface area contributed by atoms with Gasteiger partial charge in [-0.3, -0.25) is 9.59 Å². The average molecular weight is 371 g/mol. The number of halogens is 1. The van der Waals surface area contributed by atoms with Crippen molar-refractivity contribution in [1.29, 1.82) is 0 Å². The summed E-state index contributed by atoms with van der Waals surface area (Å²) in [7, 11) is 0. The number of dihydropyridines is 1. The van der Waals surface area contributed by atoms with E-state index in [0.29, 0.717) is 10.6 Å². The number of aromatic nitrogens is 1. The number of benzene rings is 1. The Labute approximate surface area is 155 Å². The van der Waals surface area contributed by atoms with Gasteiger partial charge in [0.25, 0.3) is 0 Å². The first-order chi connectivity index (χ1) is 12.4. The molecule has 2 unspecified atom stereocenters. The maximum Gasteiger partial charge on any atom is 0.250 e. The van der Waals surface area contributed by atoms with Crippen molar-refractivity contribution in [3.63, 3.8) is 0 Å². The summed E-state index contributed by atoms with van der Waals surface area (Å²) in [5, 5.41) is 4.81. The number of amides is 2. The van der Waals surface area contributed by atoms with Crippen LogP contribution >= 0.6 is 11.6 Å². The molecule has 1 aromatic heterocycles. The summed E-state index contributed by atoms with van der Waals surface area (Å²) in [6.45, 7) is 0. The van der Waals surface area contributed by atoms with E-state index in [0.717, 1.165) is 35.9 Å². The lowest BCUT2D eigenvalue weighted by Crippen LogP contribution is -2.58. The Morgan fingerprint density at radius 1 is 1.27 bits per heavy atom. The fraction of sp³-hybridized carbons (Fsp3) is 0.263. The zero-order chi connectivity index (χ0) is 18.5. The maximum absolute atomic E-state index is 12.5. The van der Waals surface area contributed by atoms with Gasteiger partial charge in [-0.2, -0.15) is 0 Å². The van der Waals surface area contributed by atoms with Crippen LogP contribution in [0.25, 0.3) is 10.9 Å². The van der Waals surface area contributed by atoms with Crippen LogP contribution in [0.4, 0.5) is 0 Å². The van der Waals surface area contributed by atoms with E-state index < -0.39 is 17.4 Å². The Morgan fingerprint density at radius 2 is 2.08 bits per heavy atom. The monoisotopic (exact) mass is 370 g/mol. The molecule has 26 heavy (non-hydrogen) atoms. The summed E-state index contributed by atoms with van der Waals surface area (Å²) < 4.78 is 0. The number of fused-ring (bicyclic) bond motifs is 3. The van der Waals surface area contributed by atoms with Crippen LogP contribution in [0.1, 0.15) is 30.0 Å². The molecular formula is C19H19ClN4O2. The number of hydrogen-bond donors (Lipinski definition) is 4. The van der Waals surface area contributed by atoms with E-state index in [1.165, 1.54) is 11.8 Å². The number of aryl methyl sites for hydroxylation is 1. The third kappa shape index (κ3) is 2.41. The van der Waals surface area contributed by atoms with Crippen molar-refractivity contribution in [3.8, 4) is 0 Å². The van der Waals surface area contributed by atoms with Crippen molar-refractivity contribution in [3.05, 3.63) is 58.4 Å². The van der Waals surface area contributed by atoms with Gasteiger partial charge < -0.3 is 21.8 Å². The highest BCUT2D eigenvalue weighted by Crippen LogP contribution is 2.43. The lowest BCUT2D eigenvalue weighted by molar-refractivity contribution is -0.123. The van der Waals surface area contributed by atoms with Gasteiger partial charge in [0.1, 0.15) is 5.54 Å². The standard InChI is InChI=1S/C19H19ClN4O2/c20-11-4-5-15-13(8-11)12-2-1-3-14(16(12)24-15)19(18(22)26)7-6-10(9-23-19)17(21)25/h4-9,14,23-24H,1-3H2,(H2,21,25)(H2,22,26). The molecule has 0 spiro atoms. The van der Waals surface area contributed by atoms with Crippen LogP contribution in [0.3, 0.4) is 0 Å². The number of aromatic amines is 1. The number of rotatable bonds is 3. The highest BCUT2D eigenvalue weighted by Gasteiger charge is 2.46. The maximum atomic E-state index is 12.5. The minimum Gasteiger partial charge on any atom is -0.373 e. The number of carbonyl (C=O) groups is 2. The van der Waals surface area contributed by atoms with Crippen molar-refractivity contribution >= 4 is 34.3 Å². The molecule has 1 aliphatic carbocycles. The molecule has 0 saturated heterocycles. The molecule has 2 aliphatic rings. The van der Waals surface area contributed by atoms with Gasteiger partial charge in [0.05, 0.1) is 5.57 Å². The smallest absolute Gasteiger partial charge is 0.250 e. The molecule has 4 rings (SSSR count). The van der Waals surface area contributed by atoms with Crippen LogP contribution < -0.4 is 16.8 Å². The Morgan fingerprint density at radius 3 is 2.73 bits per heavy atom. The normalized spacial score (nSPS) is 24.7. The number of H-pyrrole nitrogens is 1. The summed E-state index contributed by atoms with van der Waals surface area (Å²) >= 11 is 6.16. The van der Waals surface area contributed by atoms with Gasteiger partial charge in [-0.1, -0.05) is 11.6 Å². The summed E-state index contributed by atoms with van der Waals surface area (Å²) in [6.07, 6.45) is 7.32. The van der Waals surface area contributed by atoms with Crippen molar-refractivity contribution in [2.24, 2.45) is 11.5 Å². The van der Waals surface area contributed by atoms with Gasteiger partial charge in [-0.25, -0.2) is 0 Å². The van der Waals surface area contributed by atoms with Crippen LogP contribution in [0, 0.1) is 0 Å². The number of carbonyl (C=O) groups excluding carboxylic acids is 2. The highest BCUT2D eigenvalue weighted by molar-refractivity contribution is 6.31. The fourth-order valence-corrected chi connectivity index (χ4v) is 4.27. The van der Waals surface area contributed by atoms with Crippen molar-refractivity contribution < 1.29 is 9.59 Å². The van der Waals surface area contributed by atoms with Crippen molar-refractivity contribution in [1.82, 2.24) is 10.3 Å². The van der Waals surface area contributed by atoms with Crippen LogP contribution in [0.15, 0.2) is 42.1 Å². The SMILES string of the molecule is NC(=O)C1=CNC(C(N)=O)(C2CCCc3c2[nH]c2ccc(Cl)cc32)C=C1. The Hall–Kier alpha value is -2.73. The van der Waals surface area contributed by atoms with E-state index in [-0.39, 0.29) is 5.92 Å². The predicted octanol–water partition coefficient (Wildman–Crippen LogP) is 1.99. The van der Waals surface area contributed by atoms with Crippen molar-refractivity contribution in [2.75, 3.05) is 0 Å². The van der Waals surface area contributed by atoms with Crippen LogP contribution in [-0.4, -0.2) is 22.3 Å². The van der Waals surface area contributed by atoms with E-state index in [9.17, 15) is 9.59 Å². The second kappa shape index (κ2) is 5.92. The van der Waals surface area contributed by atoms with Crippen LogP contribution in [0.5, 0.6) is 0 Å². The third-order valence-corrected chi connectivity index (χ3v) is 5.64. The Kier molecular flexibility index (Phi) is 3.80. The topological polar surface area (TPSA) is 114 Å².